The molecule has 2 aliphatic carbocycles. The van der Waals surface area contributed by atoms with Gasteiger partial charge in [-0.2, -0.15) is 5.10 Å². The van der Waals surface area contributed by atoms with Gasteiger partial charge in [-0.3, -0.25) is 14.4 Å². The fourth-order valence-corrected chi connectivity index (χ4v) is 8.50. The molecule has 3 aliphatic heterocycles. The average molecular weight is 709 g/mol. The smallest absolute Gasteiger partial charge is 0.408 e. The van der Waals surface area contributed by atoms with E-state index >= 15 is 0 Å². The number of ether oxygens (including phenoxy) is 1. The number of hydrogen-bond donors (Lipinski definition) is 3. The summed E-state index contributed by atoms with van der Waals surface area (Å²) in [5, 5.41) is 20.9. The number of aliphatic carboxylic acids is 1. The van der Waals surface area contributed by atoms with Gasteiger partial charge < -0.3 is 30.3 Å². The van der Waals surface area contributed by atoms with E-state index in [1.165, 1.54) is 22.4 Å². The van der Waals surface area contributed by atoms with Crippen molar-refractivity contribution >= 4 is 29.6 Å². The summed E-state index contributed by atoms with van der Waals surface area (Å²) >= 11 is 0. The summed E-state index contributed by atoms with van der Waals surface area (Å²) in [6, 6.07) is -0.953. The number of carbonyl (C=O) groups is 4. The first-order valence-electron chi connectivity index (χ1n) is 19.3. The van der Waals surface area contributed by atoms with Crippen LogP contribution in [0.4, 0.5) is 10.5 Å². The monoisotopic (exact) mass is 708 g/mol. The number of piperidine rings is 1. The van der Waals surface area contributed by atoms with Gasteiger partial charge in [-0.15, -0.1) is 0 Å². The number of fused-ring (bicyclic) bond motifs is 2. The van der Waals surface area contributed by atoms with Gasteiger partial charge in [-0.1, -0.05) is 44.3 Å². The van der Waals surface area contributed by atoms with Gasteiger partial charge in [-0.05, 0) is 78.6 Å². The van der Waals surface area contributed by atoms with Gasteiger partial charge in [0.1, 0.15) is 23.2 Å². The summed E-state index contributed by atoms with van der Waals surface area (Å²) < 4.78 is 6.98. The summed E-state index contributed by atoms with van der Waals surface area (Å²) in [5.41, 5.74) is -0.696. The van der Waals surface area contributed by atoms with Crippen LogP contribution < -0.4 is 21.1 Å². The Hall–Kier alpha value is -3.90. The number of carboxylic acids is 1. The molecule has 1 aromatic heterocycles. The molecule has 0 bridgehead atoms. The minimum absolute atomic E-state index is 0.0207. The highest BCUT2D eigenvalue weighted by molar-refractivity contribution is 5.96. The maximum atomic E-state index is 14.5. The molecular weight excluding hydrogens is 652 g/mol. The Balaban J connectivity index is 1.35. The third-order valence-corrected chi connectivity index (χ3v) is 11.3. The number of carboxylic acid groups (broad SMARTS) is 1. The van der Waals surface area contributed by atoms with Gasteiger partial charge in [0.15, 0.2) is 0 Å². The zero-order chi connectivity index (χ0) is 36.3. The molecule has 3 amide bonds. The molecule has 2 saturated carbocycles. The van der Waals surface area contributed by atoms with E-state index in [9.17, 15) is 29.1 Å². The van der Waals surface area contributed by atoms with Gasteiger partial charge in [0.25, 0.3) is 5.56 Å². The summed E-state index contributed by atoms with van der Waals surface area (Å²) in [7, 11) is 0. The number of amides is 3. The van der Waals surface area contributed by atoms with Crippen LogP contribution >= 0.6 is 0 Å². The molecular formula is C38H56N6O7. The van der Waals surface area contributed by atoms with Crippen molar-refractivity contribution in [3.05, 3.63) is 34.3 Å². The van der Waals surface area contributed by atoms with Gasteiger partial charge in [0.2, 0.25) is 11.8 Å². The maximum Gasteiger partial charge on any atom is 0.408 e. The molecule has 2 saturated heterocycles. The van der Waals surface area contributed by atoms with Gasteiger partial charge in [-0.25, -0.2) is 14.3 Å². The topological polar surface area (TPSA) is 163 Å². The molecule has 5 atom stereocenters. The number of carbonyl (C=O) groups excluding carboxylic acids is 3. The first-order chi connectivity index (χ1) is 24.4. The van der Waals surface area contributed by atoms with Crippen molar-refractivity contribution in [3.63, 3.8) is 0 Å². The second kappa shape index (κ2) is 15.4. The second-order valence-corrected chi connectivity index (χ2v) is 16.3. The lowest BCUT2D eigenvalue weighted by atomic mass is 9.86. The lowest BCUT2D eigenvalue weighted by Gasteiger charge is -2.33. The van der Waals surface area contributed by atoms with Crippen LogP contribution in [0.1, 0.15) is 135 Å². The fourth-order valence-electron chi connectivity index (χ4n) is 8.50. The standard InChI is InChI=1S/C38H56N6O7/c1-37(2,3)51-36(50)39-28-18-12-6-4-5-11-17-26-23-38(26,35(48)49)40-33(46)30-21-27(24-43(30)34(28)47)44-31(45)22-29(42-19-13-8-14-20-42)32(41-44)25-15-9-7-10-16-25/h11,17,22,25-28,30H,4-10,12-16,18-21,23-24H2,1-3H3,(H,39,50)(H,40,46)(H,48,49)/b17-11-/t26-,27+,28+,30+,38-/m1/s1. The van der Waals surface area contributed by atoms with Gasteiger partial charge >= 0.3 is 12.1 Å². The maximum absolute atomic E-state index is 14.5. The highest BCUT2D eigenvalue weighted by atomic mass is 16.6. The number of allylic oxidation sites excluding steroid dienone is 1. The largest absolute Gasteiger partial charge is 0.479 e. The summed E-state index contributed by atoms with van der Waals surface area (Å²) in [6.07, 6.45) is 15.5. The predicted octanol–water partition coefficient (Wildman–Crippen LogP) is 4.80. The fraction of sp³-hybridized carbons (Fsp3) is 0.737. The highest BCUT2D eigenvalue weighted by Gasteiger charge is 2.61. The molecule has 3 N–H and O–H groups in total. The number of nitrogens with zero attached hydrogens (tertiary/aromatic N) is 4. The molecule has 4 heterocycles. The zero-order valence-corrected chi connectivity index (χ0v) is 30.5. The highest BCUT2D eigenvalue weighted by Crippen LogP contribution is 2.46. The van der Waals surface area contributed by atoms with Crippen molar-refractivity contribution in [3.8, 4) is 0 Å². The molecule has 13 heteroatoms. The minimum atomic E-state index is -1.45. The minimum Gasteiger partial charge on any atom is -0.479 e. The summed E-state index contributed by atoms with van der Waals surface area (Å²) in [4.78, 5) is 71.8. The number of alkyl carbamates (subject to hydrolysis) is 1. The van der Waals surface area contributed by atoms with Crippen LogP contribution in [0.5, 0.6) is 0 Å². The Morgan fingerprint density at radius 1 is 0.980 bits per heavy atom. The Morgan fingerprint density at radius 3 is 2.37 bits per heavy atom. The first-order valence-corrected chi connectivity index (χ1v) is 19.3. The van der Waals surface area contributed by atoms with Crippen molar-refractivity contribution in [1.82, 2.24) is 25.3 Å². The molecule has 4 fully saturated rings. The third-order valence-electron chi connectivity index (χ3n) is 11.3. The van der Waals surface area contributed by atoms with E-state index in [1.807, 2.05) is 12.2 Å². The quantitative estimate of drug-likeness (QED) is 0.365. The van der Waals surface area contributed by atoms with E-state index < -0.39 is 53.1 Å². The molecule has 1 aromatic rings. The van der Waals surface area contributed by atoms with Crippen LogP contribution in [-0.2, 0) is 19.1 Å². The van der Waals surface area contributed by atoms with Gasteiger partial charge in [0, 0.05) is 44.0 Å². The van der Waals surface area contributed by atoms with Crippen LogP contribution in [0.25, 0.3) is 0 Å². The van der Waals surface area contributed by atoms with Crippen molar-refractivity contribution in [1.29, 1.82) is 0 Å². The Morgan fingerprint density at radius 2 is 1.67 bits per heavy atom. The number of rotatable bonds is 5. The predicted molar refractivity (Wildman–Crippen MR) is 192 cm³/mol. The zero-order valence-electron chi connectivity index (χ0n) is 30.5. The Bertz CT molecular complexity index is 1560. The van der Waals surface area contributed by atoms with Gasteiger partial charge in [0.05, 0.1) is 17.4 Å². The van der Waals surface area contributed by atoms with E-state index in [2.05, 4.69) is 15.5 Å². The van der Waals surface area contributed by atoms with Crippen LogP contribution in [0.2, 0.25) is 0 Å². The number of aromatic nitrogens is 2. The molecule has 13 nitrogen and oxygen atoms in total. The number of hydrogen-bond acceptors (Lipinski definition) is 8. The van der Waals surface area contributed by atoms with Crippen LogP contribution in [0.15, 0.2) is 23.0 Å². The van der Waals surface area contributed by atoms with E-state index in [0.29, 0.717) is 12.8 Å². The van der Waals surface area contributed by atoms with E-state index in [-0.39, 0.29) is 36.8 Å². The lowest BCUT2D eigenvalue weighted by Crippen LogP contribution is -2.56. The van der Waals surface area contributed by atoms with Crippen LogP contribution in [0, 0.1) is 5.92 Å². The molecule has 5 aliphatic rings. The van der Waals surface area contributed by atoms with Crippen LogP contribution in [-0.4, -0.2) is 86.5 Å². The molecule has 280 valence electrons. The van der Waals surface area contributed by atoms with E-state index in [4.69, 9.17) is 9.84 Å². The second-order valence-electron chi connectivity index (χ2n) is 16.3. The van der Waals surface area contributed by atoms with E-state index in [0.717, 1.165) is 82.3 Å². The third kappa shape index (κ3) is 8.43. The SMILES string of the molecule is CC(C)(C)OC(=O)N[C@H]1CCCCC/C=C\[C@@H]2C[C@@]2(C(=O)O)NC(=O)[C@@H]2C[C@H](n3nc(C4CCCCC4)c(N4CCCCC4)cc3=O)CN2C1=O. The Labute approximate surface area is 300 Å². The molecule has 0 radical (unpaired) electrons. The molecule has 0 aromatic carbocycles. The van der Waals surface area contributed by atoms with Crippen LogP contribution in [0.3, 0.4) is 0 Å². The molecule has 51 heavy (non-hydrogen) atoms. The summed E-state index contributed by atoms with van der Waals surface area (Å²) in [6.45, 7) is 7.02. The first kappa shape index (κ1) is 36.9. The molecule has 0 unspecified atom stereocenters. The average Bonchev–Trinajstić information content (AvgIpc) is 3.61. The Kier molecular flexibility index (Phi) is 11.1. The van der Waals surface area contributed by atoms with Crippen molar-refractivity contribution < 1.29 is 29.0 Å². The van der Waals surface area contributed by atoms with Crippen molar-refractivity contribution in [2.75, 3.05) is 24.5 Å². The number of anilines is 1. The van der Waals surface area contributed by atoms with E-state index in [1.54, 1.807) is 26.8 Å². The lowest BCUT2D eigenvalue weighted by molar-refractivity contribution is -0.145. The van der Waals surface area contributed by atoms with Crippen molar-refractivity contribution in [2.24, 2.45) is 5.92 Å². The summed E-state index contributed by atoms with van der Waals surface area (Å²) in [5.74, 6) is -2.29. The van der Waals surface area contributed by atoms with Crippen molar-refractivity contribution in [2.45, 2.75) is 152 Å². The molecule has 0 spiro atoms. The number of nitrogens with one attached hydrogen (secondary N) is 2. The molecule has 6 rings (SSSR count). The normalized spacial score (nSPS) is 30.3.